The van der Waals surface area contributed by atoms with Gasteiger partial charge in [0, 0.05) is 29.3 Å². The van der Waals surface area contributed by atoms with E-state index in [4.69, 9.17) is 0 Å². The van der Waals surface area contributed by atoms with E-state index in [1.165, 1.54) is 27.7 Å². The van der Waals surface area contributed by atoms with Crippen molar-refractivity contribution in [2.45, 2.75) is 37.8 Å². The zero-order valence-corrected chi connectivity index (χ0v) is 14.5. The lowest BCUT2D eigenvalue weighted by atomic mass is 9.74. The molecule has 0 aliphatic carbocycles. The first-order valence-corrected chi connectivity index (χ1v) is 8.40. The predicted molar refractivity (Wildman–Crippen MR) is 87.5 cm³/mol. The van der Waals surface area contributed by atoms with Crippen molar-refractivity contribution < 1.29 is 22.0 Å². The molecule has 3 aliphatic rings. The SMILES string of the molecule is C/C=C1/C[N@+]23CCc4c([nH]c5ccccc45)[C@@]2(C)[C@@]1(O)CC3.[Cl-]. The highest BCUT2D eigenvalue weighted by molar-refractivity contribution is 5.85. The van der Waals surface area contributed by atoms with Gasteiger partial charge < -0.3 is 27.0 Å². The second-order valence-electron chi connectivity index (χ2n) is 7.52. The summed E-state index contributed by atoms with van der Waals surface area (Å²) >= 11 is 0. The molecule has 122 valence electrons. The van der Waals surface area contributed by atoms with Crippen LogP contribution in [0.25, 0.3) is 10.9 Å². The van der Waals surface area contributed by atoms with Crippen molar-refractivity contribution in [2.75, 3.05) is 19.6 Å². The van der Waals surface area contributed by atoms with E-state index in [0.29, 0.717) is 0 Å². The first-order chi connectivity index (χ1) is 10.6. The number of hydrogen-bond acceptors (Lipinski definition) is 1. The summed E-state index contributed by atoms with van der Waals surface area (Å²) in [5.74, 6) is 0. The summed E-state index contributed by atoms with van der Waals surface area (Å²) in [6.07, 6.45) is 4.16. The largest absolute Gasteiger partial charge is 1.00 e. The average Bonchev–Trinajstić information content (AvgIpc) is 3.08. The van der Waals surface area contributed by atoms with Gasteiger partial charge in [0.25, 0.3) is 0 Å². The molecule has 0 saturated carbocycles. The van der Waals surface area contributed by atoms with Crippen LogP contribution in [0.4, 0.5) is 0 Å². The maximum atomic E-state index is 11.6. The number of fused-ring (bicyclic) bond motifs is 3. The normalized spacial score (nSPS) is 39.3. The minimum Gasteiger partial charge on any atom is -1.00 e. The molecule has 4 heteroatoms. The van der Waals surface area contributed by atoms with Crippen molar-refractivity contribution in [2.24, 2.45) is 0 Å². The minimum atomic E-state index is -0.683. The second-order valence-corrected chi connectivity index (χ2v) is 7.52. The third-order valence-corrected chi connectivity index (χ3v) is 7.10. The molecule has 5 rings (SSSR count). The second kappa shape index (κ2) is 4.41. The summed E-state index contributed by atoms with van der Waals surface area (Å²) in [5.41, 5.74) is 4.28. The van der Waals surface area contributed by atoms with Gasteiger partial charge in [0.1, 0.15) is 6.54 Å². The molecule has 3 aliphatic heterocycles. The van der Waals surface area contributed by atoms with E-state index in [9.17, 15) is 5.11 Å². The van der Waals surface area contributed by atoms with Crippen molar-refractivity contribution in [1.29, 1.82) is 0 Å². The first-order valence-electron chi connectivity index (χ1n) is 8.40. The van der Waals surface area contributed by atoms with Gasteiger partial charge in [-0.1, -0.05) is 24.3 Å². The quantitative estimate of drug-likeness (QED) is 0.512. The fourth-order valence-electron chi connectivity index (χ4n) is 5.79. The van der Waals surface area contributed by atoms with Crippen molar-refractivity contribution in [3.8, 4) is 0 Å². The third-order valence-electron chi connectivity index (χ3n) is 7.10. The Labute approximate surface area is 143 Å². The van der Waals surface area contributed by atoms with Gasteiger partial charge in [-0.3, -0.25) is 0 Å². The number of halogens is 1. The zero-order chi connectivity index (χ0) is 15.2. The lowest BCUT2D eigenvalue weighted by Crippen LogP contribution is -3.00. The van der Waals surface area contributed by atoms with Crippen molar-refractivity contribution in [3.05, 3.63) is 47.2 Å². The van der Waals surface area contributed by atoms with Gasteiger partial charge in [-0.2, -0.15) is 0 Å². The molecular formula is C19H23ClN2O. The summed E-state index contributed by atoms with van der Waals surface area (Å²) in [5, 5.41) is 13.0. The van der Waals surface area contributed by atoms with Gasteiger partial charge in [0.15, 0.2) is 11.1 Å². The van der Waals surface area contributed by atoms with E-state index in [-0.39, 0.29) is 17.9 Å². The molecule has 1 aromatic heterocycles. The molecule has 0 radical (unpaired) electrons. The van der Waals surface area contributed by atoms with Crippen LogP contribution in [0.1, 0.15) is 31.5 Å². The lowest BCUT2D eigenvalue weighted by Gasteiger charge is -2.47. The minimum absolute atomic E-state index is 0. The summed E-state index contributed by atoms with van der Waals surface area (Å²) in [6, 6.07) is 8.59. The molecule has 0 spiro atoms. The number of aliphatic hydroxyl groups is 1. The van der Waals surface area contributed by atoms with Crippen LogP contribution in [0, 0.1) is 0 Å². The highest BCUT2D eigenvalue weighted by Crippen LogP contribution is 2.62. The fraction of sp³-hybridized carbons (Fsp3) is 0.474. The number of para-hydroxylation sites is 1. The van der Waals surface area contributed by atoms with E-state index >= 15 is 0 Å². The topological polar surface area (TPSA) is 36.0 Å². The highest BCUT2D eigenvalue weighted by Gasteiger charge is 2.75. The van der Waals surface area contributed by atoms with Crippen molar-refractivity contribution in [1.82, 2.24) is 4.98 Å². The number of nitrogens with zero attached hydrogens (tertiary/aromatic N) is 1. The molecule has 2 saturated heterocycles. The summed E-state index contributed by atoms with van der Waals surface area (Å²) < 4.78 is 1.03. The van der Waals surface area contributed by atoms with Gasteiger partial charge in [0.05, 0.1) is 18.8 Å². The van der Waals surface area contributed by atoms with Gasteiger partial charge in [-0.25, -0.2) is 0 Å². The highest BCUT2D eigenvalue weighted by atomic mass is 35.5. The molecule has 2 N–H and O–H groups in total. The summed E-state index contributed by atoms with van der Waals surface area (Å²) in [4.78, 5) is 3.69. The van der Waals surface area contributed by atoms with E-state index in [1.54, 1.807) is 0 Å². The first kappa shape index (κ1) is 15.3. The van der Waals surface area contributed by atoms with Crippen LogP contribution >= 0.6 is 0 Å². The van der Waals surface area contributed by atoms with Crippen LogP contribution in [-0.4, -0.2) is 39.8 Å². The number of piperidine rings is 1. The number of allylic oxidation sites excluding steroid dienone is 1. The molecular weight excluding hydrogens is 308 g/mol. The Bertz CT molecular complexity index is 841. The average molecular weight is 331 g/mol. The number of quaternary nitrogens is 1. The number of benzene rings is 1. The smallest absolute Gasteiger partial charge is 0.171 e. The molecule has 1 aromatic carbocycles. The van der Waals surface area contributed by atoms with Crippen LogP contribution in [0.2, 0.25) is 0 Å². The molecule has 23 heavy (non-hydrogen) atoms. The molecule has 2 fully saturated rings. The van der Waals surface area contributed by atoms with Crippen LogP contribution in [0.3, 0.4) is 0 Å². The van der Waals surface area contributed by atoms with E-state index in [2.05, 4.69) is 49.2 Å². The summed E-state index contributed by atoms with van der Waals surface area (Å²) in [6.45, 7) is 7.63. The number of aromatic nitrogens is 1. The van der Waals surface area contributed by atoms with Crippen molar-refractivity contribution in [3.63, 3.8) is 0 Å². The lowest BCUT2D eigenvalue weighted by molar-refractivity contribution is -0.962. The monoisotopic (exact) mass is 330 g/mol. The van der Waals surface area contributed by atoms with Gasteiger partial charge in [0.2, 0.25) is 0 Å². The Hall–Kier alpha value is -1.29. The van der Waals surface area contributed by atoms with Crippen LogP contribution in [0.5, 0.6) is 0 Å². The van der Waals surface area contributed by atoms with E-state index < -0.39 is 5.60 Å². The van der Waals surface area contributed by atoms with Gasteiger partial charge >= 0.3 is 0 Å². The Balaban J connectivity index is 0.00000135. The van der Waals surface area contributed by atoms with E-state index in [1.807, 2.05) is 0 Å². The Kier molecular flexibility index (Phi) is 2.92. The molecule has 3 nitrogen and oxygen atoms in total. The molecule has 4 heterocycles. The molecule has 3 atom stereocenters. The Morgan fingerprint density at radius 3 is 2.83 bits per heavy atom. The Morgan fingerprint density at radius 1 is 1.26 bits per heavy atom. The fourth-order valence-corrected chi connectivity index (χ4v) is 5.79. The number of rotatable bonds is 0. The molecule has 0 amide bonds. The summed E-state index contributed by atoms with van der Waals surface area (Å²) in [7, 11) is 0. The predicted octanol–water partition coefficient (Wildman–Crippen LogP) is -0.145. The third kappa shape index (κ3) is 1.41. The van der Waals surface area contributed by atoms with Gasteiger partial charge in [-0.05, 0) is 25.5 Å². The molecule has 0 unspecified atom stereocenters. The maximum Gasteiger partial charge on any atom is 0.171 e. The van der Waals surface area contributed by atoms with Crippen LogP contribution < -0.4 is 12.4 Å². The number of aromatic amines is 1. The maximum absolute atomic E-state index is 11.6. The molecule has 2 bridgehead atoms. The standard InChI is InChI=1S/C19H23N2O.ClH/c1-3-13-12-21-10-8-15-14-6-4-5-7-16(14)20-17(15)18(21,2)19(13,22)9-11-21;/h3-7,20,22H,8-12H2,1-2H3;1H/q+1;/p-1/b13-3-;/t18-,19+,21+;/m0./s1. The zero-order valence-electron chi connectivity index (χ0n) is 13.7. The Morgan fingerprint density at radius 2 is 2.04 bits per heavy atom. The van der Waals surface area contributed by atoms with Gasteiger partial charge in [-0.15, -0.1) is 0 Å². The van der Waals surface area contributed by atoms with Crippen molar-refractivity contribution >= 4 is 10.9 Å². The van der Waals surface area contributed by atoms with Crippen LogP contribution in [-0.2, 0) is 12.0 Å². The van der Waals surface area contributed by atoms with Crippen LogP contribution in [0.15, 0.2) is 35.9 Å². The number of nitrogens with one attached hydrogen (secondary N) is 1. The molecule has 2 aromatic rings. The van der Waals surface area contributed by atoms with E-state index in [0.717, 1.165) is 37.0 Å². The number of hydrogen-bond donors (Lipinski definition) is 2. The number of H-pyrrole nitrogens is 1.